The van der Waals surface area contributed by atoms with Crippen LogP contribution >= 0.6 is 0 Å². The van der Waals surface area contributed by atoms with Crippen LogP contribution in [0.1, 0.15) is 13.8 Å². The summed E-state index contributed by atoms with van der Waals surface area (Å²) in [4.78, 5) is 0. The fourth-order valence-corrected chi connectivity index (χ4v) is 0.968. The molecule has 0 heterocycles. The van der Waals surface area contributed by atoms with E-state index in [9.17, 15) is 0 Å². The molecular weight excluding hydrogens is 192 g/mol. The van der Waals surface area contributed by atoms with Crippen LogP contribution in [0.15, 0.2) is 85.1 Å². The maximum Gasteiger partial charge on any atom is -0.0263 e. The largest absolute Gasteiger partial charge is 0.0991 e. The Bertz CT molecular complexity index is 357. The average molecular weight is 212 g/mol. The van der Waals surface area contributed by atoms with Crippen molar-refractivity contribution in [3.63, 3.8) is 0 Å². The fourth-order valence-electron chi connectivity index (χ4n) is 0.968. The van der Waals surface area contributed by atoms with E-state index in [1.54, 1.807) is 6.08 Å². The first-order valence-corrected chi connectivity index (χ1v) is 5.34. The maximum atomic E-state index is 3.77. The van der Waals surface area contributed by atoms with Crippen LogP contribution in [0.4, 0.5) is 0 Å². The van der Waals surface area contributed by atoms with Crippen molar-refractivity contribution in [1.82, 2.24) is 0 Å². The third kappa shape index (κ3) is 7.57. The Balaban J connectivity index is 4.56. The number of hydrogen-bond donors (Lipinski definition) is 0. The molecular formula is C16H20. The van der Waals surface area contributed by atoms with Gasteiger partial charge in [0.1, 0.15) is 0 Å². The van der Waals surface area contributed by atoms with Gasteiger partial charge in [0.15, 0.2) is 0 Å². The lowest BCUT2D eigenvalue weighted by atomic mass is 10.1. The Hall–Kier alpha value is -1.82. The van der Waals surface area contributed by atoms with Crippen LogP contribution < -0.4 is 0 Å². The molecule has 0 rings (SSSR count). The molecule has 0 aromatic heterocycles. The molecule has 0 aromatic carbocycles. The molecule has 0 aromatic rings. The van der Waals surface area contributed by atoms with E-state index in [1.807, 2.05) is 55.5 Å². The smallest absolute Gasteiger partial charge is 0.0263 e. The van der Waals surface area contributed by atoms with Gasteiger partial charge in [0.25, 0.3) is 0 Å². The summed E-state index contributed by atoms with van der Waals surface area (Å²) in [5, 5.41) is 0. The highest BCUT2D eigenvalue weighted by atomic mass is 13.9. The maximum absolute atomic E-state index is 3.77. The number of rotatable bonds is 6. The molecule has 0 radical (unpaired) electrons. The Morgan fingerprint density at radius 3 is 2.25 bits per heavy atom. The van der Waals surface area contributed by atoms with Gasteiger partial charge in [-0.2, -0.15) is 0 Å². The summed E-state index contributed by atoms with van der Waals surface area (Å²) in [6.07, 6.45) is 19.6. The van der Waals surface area contributed by atoms with Crippen LogP contribution in [0.5, 0.6) is 0 Å². The SMILES string of the molecule is C=C\C=C/C=C(C)/C=C/C(C=C)=C/C=C\C. The molecule has 0 saturated heterocycles. The minimum absolute atomic E-state index is 1.10. The Morgan fingerprint density at radius 2 is 1.69 bits per heavy atom. The standard InChI is InChI=1S/C16H20/c1-5-8-10-11-15(4)13-14-16(7-3)12-9-6-2/h5-14H,1,3H2,2,4H3/b9-6-,10-8-,14-13+,15-11+,16-12+. The van der Waals surface area contributed by atoms with E-state index >= 15 is 0 Å². The highest BCUT2D eigenvalue weighted by Crippen LogP contribution is 2.03. The van der Waals surface area contributed by atoms with Gasteiger partial charge in [-0.25, -0.2) is 0 Å². The molecule has 0 aliphatic carbocycles. The van der Waals surface area contributed by atoms with E-state index in [1.165, 1.54) is 5.57 Å². The van der Waals surface area contributed by atoms with Crippen LogP contribution in [-0.4, -0.2) is 0 Å². The van der Waals surface area contributed by atoms with Gasteiger partial charge >= 0.3 is 0 Å². The molecule has 0 saturated carbocycles. The second-order valence-corrected chi connectivity index (χ2v) is 3.26. The lowest BCUT2D eigenvalue weighted by Crippen LogP contribution is -1.71. The van der Waals surface area contributed by atoms with Gasteiger partial charge in [0.05, 0.1) is 0 Å². The zero-order valence-corrected chi connectivity index (χ0v) is 10.2. The van der Waals surface area contributed by atoms with Crippen LogP contribution in [0.25, 0.3) is 0 Å². The van der Waals surface area contributed by atoms with Gasteiger partial charge in [0.2, 0.25) is 0 Å². The molecule has 0 aliphatic heterocycles. The molecule has 0 atom stereocenters. The van der Waals surface area contributed by atoms with Crippen molar-refractivity contribution >= 4 is 0 Å². The molecule has 0 spiro atoms. The van der Waals surface area contributed by atoms with Crippen molar-refractivity contribution in [3.05, 3.63) is 85.1 Å². The predicted octanol–water partition coefficient (Wildman–Crippen LogP) is 4.92. The molecule has 0 unspecified atom stereocenters. The van der Waals surface area contributed by atoms with E-state index in [2.05, 4.69) is 26.2 Å². The van der Waals surface area contributed by atoms with E-state index < -0.39 is 0 Å². The van der Waals surface area contributed by atoms with Gasteiger partial charge in [0, 0.05) is 0 Å². The highest BCUT2D eigenvalue weighted by molar-refractivity contribution is 5.36. The van der Waals surface area contributed by atoms with Crippen molar-refractivity contribution in [2.75, 3.05) is 0 Å². The monoisotopic (exact) mass is 212 g/mol. The third-order valence-electron chi connectivity index (χ3n) is 1.86. The van der Waals surface area contributed by atoms with Crippen molar-refractivity contribution in [3.8, 4) is 0 Å². The number of allylic oxidation sites excluding steroid dienone is 12. The highest BCUT2D eigenvalue weighted by Gasteiger charge is 1.82. The van der Waals surface area contributed by atoms with Crippen molar-refractivity contribution in [1.29, 1.82) is 0 Å². The van der Waals surface area contributed by atoms with Crippen molar-refractivity contribution < 1.29 is 0 Å². The molecule has 0 aliphatic rings. The summed E-state index contributed by atoms with van der Waals surface area (Å²) in [5.41, 5.74) is 2.28. The quantitative estimate of drug-likeness (QED) is 0.548. The van der Waals surface area contributed by atoms with E-state index in [-0.39, 0.29) is 0 Å². The van der Waals surface area contributed by atoms with Crippen LogP contribution in [0.2, 0.25) is 0 Å². The second kappa shape index (κ2) is 9.72. The van der Waals surface area contributed by atoms with Gasteiger partial charge in [-0.3, -0.25) is 0 Å². The summed E-state index contributed by atoms with van der Waals surface area (Å²) in [5.74, 6) is 0. The number of hydrogen-bond acceptors (Lipinski definition) is 0. The molecule has 0 heteroatoms. The minimum atomic E-state index is 1.10. The first-order valence-electron chi connectivity index (χ1n) is 5.34. The van der Waals surface area contributed by atoms with E-state index in [0.717, 1.165) is 5.57 Å². The van der Waals surface area contributed by atoms with Gasteiger partial charge in [-0.1, -0.05) is 79.5 Å². The Labute approximate surface area is 99.4 Å². The van der Waals surface area contributed by atoms with Crippen molar-refractivity contribution in [2.45, 2.75) is 13.8 Å². The first kappa shape index (κ1) is 14.2. The summed E-state index contributed by atoms with van der Waals surface area (Å²) in [6.45, 7) is 11.4. The molecule has 0 nitrogen and oxygen atoms in total. The third-order valence-corrected chi connectivity index (χ3v) is 1.86. The second-order valence-electron chi connectivity index (χ2n) is 3.26. The van der Waals surface area contributed by atoms with E-state index in [4.69, 9.17) is 0 Å². The lowest BCUT2D eigenvalue weighted by molar-refractivity contribution is 1.51. The normalized spacial score (nSPS) is 14.1. The fraction of sp³-hybridized carbons (Fsp3) is 0.125. The van der Waals surface area contributed by atoms with Crippen molar-refractivity contribution in [2.24, 2.45) is 0 Å². The predicted molar refractivity (Wildman–Crippen MR) is 75.3 cm³/mol. The topological polar surface area (TPSA) is 0 Å². The van der Waals surface area contributed by atoms with Crippen LogP contribution in [0.3, 0.4) is 0 Å². The summed E-state index contributed by atoms with van der Waals surface area (Å²) in [7, 11) is 0. The molecule has 0 bridgehead atoms. The van der Waals surface area contributed by atoms with Crippen LogP contribution in [-0.2, 0) is 0 Å². The minimum Gasteiger partial charge on any atom is -0.0991 e. The summed E-state index contributed by atoms with van der Waals surface area (Å²) >= 11 is 0. The zero-order valence-electron chi connectivity index (χ0n) is 10.2. The van der Waals surface area contributed by atoms with E-state index in [0.29, 0.717) is 0 Å². The lowest BCUT2D eigenvalue weighted by Gasteiger charge is -1.92. The average Bonchev–Trinajstić information content (AvgIpc) is 2.30. The summed E-state index contributed by atoms with van der Waals surface area (Å²) in [6, 6.07) is 0. The molecule has 16 heavy (non-hydrogen) atoms. The van der Waals surface area contributed by atoms with Gasteiger partial charge in [-0.05, 0) is 19.4 Å². The Morgan fingerprint density at radius 1 is 0.938 bits per heavy atom. The Kier molecular flexibility index (Phi) is 8.62. The van der Waals surface area contributed by atoms with Gasteiger partial charge < -0.3 is 0 Å². The summed E-state index contributed by atoms with van der Waals surface area (Å²) < 4.78 is 0. The van der Waals surface area contributed by atoms with Gasteiger partial charge in [-0.15, -0.1) is 0 Å². The molecule has 0 amide bonds. The zero-order chi connectivity index (χ0) is 12.2. The molecule has 0 N–H and O–H groups in total. The first-order chi connectivity index (χ1) is 7.74. The van der Waals surface area contributed by atoms with Crippen LogP contribution in [0, 0.1) is 0 Å². The molecule has 0 fully saturated rings. The molecule has 84 valence electrons.